The van der Waals surface area contributed by atoms with Gasteiger partial charge in [-0.05, 0) is 21.9 Å². The van der Waals surface area contributed by atoms with E-state index in [0.717, 1.165) is 0 Å². The van der Waals surface area contributed by atoms with Gasteiger partial charge in [0.2, 0.25) is 0 Å². The molecule has 6 rings (SSSR count). The smallest absolute Gasteiger partial charge is 0.195 e. The molecule has 184 valence electrons. The van der Waals surface area contributed by atoms with Gasteiger partial charge in [0.05, 0.1) is 0 Å². The van der Waals surface area contributed by atoms with Gasteiger partial charge in [0.1, 0.15) is 0 Å². The van der Waals surface area contributed by atoms with Crippen LogP contribution in [0.2, 0.25) is 0 Å². The lowest BCUT2D eigenvalue weighted by Gasteiger charge is -2.20. The Morgan fingerprint density at radius 1 is 0.395 bits per heavy atom. The second-order valence-electron chi connectivity index (χ2n) is 9.05. The first-order valence-electron chi connectivity index (χ1n) is 12.1. The summed E-state index contributed by atoms with van der Waals surface area (Å²) in [4.78, 5) is 14.8. The van der Waals surface area contributed by atoms with Gasteiger partial charge in [0.25, 0.3) is 0 Å². The molecule has 0 amide bonds. The molecule has 0 aliphatic heterocycles. The van der Waals surface area contributed by atoms with Crippen molar-refractivity contribution in [1.82, 2.24) is 0 Å². The molecule has 0 aliphatic carbocycles. The molecule has 4 N–H and O–H groups in total. The maximum atomic E-state index is 14.8. The first-order valence-corrected chi connectivity index (χ1v) is 12.1. The quantitative estimate of drug-likeness (QED) is 0.150. The molecule has 0 fully saturated rings. The lowest BCUT2D eigenvalue weighted by atomic mass is 9.83. The molecule has 0 aromatic heterocycles. The number of ketones is 1. The summed E-state index contributed by atoms with van der Waals surface area (Å²) in [7, 11) is 0. The molecule has 5 nitrogen and oxygen atoms in total. The number of phenols is 4. The summed E-state index contributed by atoms with van der Waals surface area (Å²) >= 11 is 0. The van der Waals surface area contributed by atoms with Gasteiger partial charge in [-0.2, -0.15) is 0 Å². The van der Waals surface area contributed by atoms with Crippen LogP contribution in [0.5, 0.6) is 23.0 Å². The van der Waals surface area contributed by atoms with Gasteiger partial charge in [0, 0.05) is 33.0 Å². The third-order valence-corrected chi connectivity index (χ3v) is 6.90. The number of benzene rings is 6. The minimum absolute atomic E-state index is 0.175. The summed E-state index contributed by atoms with van der Waals surface area (Å²) in [5.41, 5.74) is 1.81. The first-order chi connectivity index (χ1) is 18.5. The number of phenolic OH excluding ortho intramolecular Hbond substituents is 4. The Morgan fingerprint density at radius 2 is 0.711 bits per heavy atom. The van der Waals surface area contributed by atoms with E-state index in [4.69, 9.17) is 0 Å². The number of aromatic hydroxyl groups is 4. The predicted molar refractivity (Wildman–Crippen MR) is 149 cm³/mol. The lowest BCUT2D eigenvalue weighted by molar-refractivity contribution is 0.104. The van der Waals surface area contributed by atoms with E-state index in [-0.39, 0.29) is 33.8 Å². The Bertz CT molecular complexity index is 1720. The van der Waals surface area contributed by atoms with Crippen LogP contribution in [-0.2, 0) is 0 Å². The highest BCUT2D eigenvalue weighted by molar-refractivity contribution is 6.29. The number of carbonyl (C=O) groups is 1. The van der Waals surface area contributed by atoms with E-state index in [1.807, 2.05) is 12.1 Å². The largest absolute Gasteiger partial charge is 0.504 e. The van der Waals surface area contributed by atoms with Crippen LogP contribution < -0.4 is 0 Å². The fourth-order valence-electron chi connectivity index (χ4n) is 5.18. The lowest BCUT2D eigenvalue weighted by Crippen LogP contribution is -2.09. The van der Waals surface area contributed by atoms with E-state index >= 15 is 0 Å². The normalized spacial score (nSPS) is 11.2. The van der Waals surface area contributed by atoms with E-state index in [9.17, 15) is 25.2 Å². The third-order valence-electron chi connectivity index (χ3n) is 6.90. The zero-order valence-corrected chi connectivity index (χ0v) is 20.1. The monoisotopic (exact) mass is 498 g/mol. The summed E-state index contributed by atoms with van der Waals surface area (Å²) in [6.07, 6.45) is 0. The SMILES string of the molecule is O=C(c1c(-c2ccccc2)c(O)c(O)c2ccccc12)c1c(-c2ccccc2)c(O)c(O)c2ccccc12. The van der Waals surface area contributed by atoms with Gasteiger partial charge < -0.3 is 20.4 Å². The molecular formula is C33H22O5. The molecule has 6 aromatic carbocycles. The number of hydrogen-bond acceptors (Lipinski definition) is 5. The van der Waals surface area contributed by atoms with Crippen LogP contribution in [0, 0.1) is 0 Å². The number of fused-ring (bicyclic) bond motifs is 2. The van der Waals surface area contributed by atoms with E-state index in [1.54, 1.807) is 97.1 Å². The fourth-order valence-corrected chi connectivity index (χ4v) is 5.18. The van der Waals surface area contributed by atoms with Gasteiger partial charge in [-0.3, -0.25) is 4.79 Å². The van der Waals surface area contributed by atoms with Crippen LogP contribution in [0.3, 0.4) is 0 Å². The Hall–Kier alpha value is -5.29. The van der Waals surface area contributed by atoms with Crippen LogP contribution >= 0.6 is 0 Å². The number of rotatable bonds is 4. The van der Waals surface area contributed by atoms with Crippen molar-refractivity contribution < 1.29 is 25.2 Å². The summed E-state index contributed by atoms with van der Waals surface area (Å²) in [5.74, 6) is -1.94. The van der Waals surface area contributed by atoms with Crippen molar-refractivity contribution in [3.8, 4) is 45.3 Å². The van der Waals surface area contributed by atoms with Crippen LogP contribution in [0.15, 0.2) is 109 Å². The molecule has 0 spiro atoms. The molecule has 38 heavy (non-hydrogen) atoms. The molecule has 0 heterocycles. The van der Waals surface area contributed by atoms with Crippen molar-refractivity contribution >= 4 is 27.3 Å². The number of carbonyl (C=O) groups excluding carboxylic acids is 1. The zero-order valence-electron chi connectivity index (χ0n) is 20.1. The molecule has 6 aromatic rings. The zero-order chi connectivity index (χ0) is 26.4. The van der Waals surface area contributed by atoms with E-state index in [1.165, 1.54) is 0 Å². The molecule has 0 atom stereocenters. The molecule has 0 bridgehead atoms. The number of hydrogen-bond donors (Lipinski definition) is 4. The molecule has 0 saturated heterocycles. The van der Waals surface area contributed by atoms with Gasteiger partial charge >= 0.3 is 0 Å². The van der Waals surface area contributed by atoms with E-state index < -0.39 is 17.3 Å². The van der Waals surface area contributed by atoms with Crippen molar-refractivity contribution in [2.24, 2.45) is 0 Å². The molecule has 0 aliphatic rings. The van der Waals surface area contributed by atoms with Crippen molar-refractivity contribution in [2.45, 2.75) is 0 Å². The van der Waals surface area contributed by atoms with E-state index in [2.05, 4.69) is 0 Å². The van der Waals surface area contributed by atoms with Gasteiger partial charge in [0.15, 0.2) is 28.8 Å². The van der Waals surface area contributed by atoms with Crippen molar-refractivity contribution in [3.05, 3.63) is 120 Å². The van der Waals surface area contributed by atoms with E-state index in [0.29, 0.717) is 32.7 Å². The second-order valence-corrected chi connectivity index (χ2v) is 9.05. The molecule has 0 saturated carbocycles. The third kappa shape index (κ3) is 3.44. The van der Waals surface area contributed by atoms with Gasteiger partial charge in [-0.15, -0.1) is 0 Å². The summed E-state index contributed by atoms with van der Waals surface area (Å²) in [5, 5.41) is 45.9. The Labute approximate surface area is 218 Å². The highest BCUT2D eigenvalue weighted by Gasteiger charge is 2.30. The first kappa shape index (κ1) is 23.1. The standard InChI is InChI=1S/C33H22O5/c34-29-23-17-9-7-15-21(23)27(25(32(29)37)19-11-3-1-4-12-19)31(36)28-22-16-8-10-18-24(22)30(35)33(38)26(28)20-13-5-2-6-14-20/h1-18,34-35,37-38H. The van der Waals surface area contributed by atoms with Gasteiger partial charge in [-0.25, -0.2) is 0 Å². The Kier molecular flexibility index (Phi) is 5.47. The average Bonchev–Trinajstić information content (AvgIpc) is 2.97. The van der Waals surface area contributed by atoms with Crippen LogP contribution in [0.4, 0.5) is 0 Å². The maximum absolute atomic E-state index is 14.8. The van der Waals surface area contributed by atoms with Crippen LogP contribution in [-0.4, -0.2) is 26.2 Å². The van der Waals surface area contributed by atoms with Crippen molar-refractivity contribution in [3.63, 3.8) is 0 Å². The van der Waals surface area contributed by atoms with Crippen molar-refractivity contribution in [1.29, 1.82) is 0 Å². The Balaban J connectivity index is 1.80. The summed E-state index contributed by atoms with van der Waals surface area (Å²) < 4.78 is 0. The molecular weight excluding hydrogens is 476 g/mol. The minimum atomic E-state index is -0.472. The second kappa shape index (κ2) is 8.98. The predicted octanol–water partition coefficient (Wildman–Crippen LogP) is 7.38. The fraction of sp³-hybridized carbons (Fsp3) is 0. The molecule has 0 radical (unpaired) electrons. The highest BCUT2D eigenvalue weighted by Crippen LogP contribution is 2.50. The summed E-state index contributed by atoms with van der Waals surface area (Å²) in [6.45, 7) is 0. The molecule has 5 heteroatoms. The van der Waals surface area contributed by atoms with Crippen LogP contribution in [0.25, 0.3) is 43.8 Å². The maximum Gasteiger partial charge on any atom is 0.195 e. The highest BCUT2D eigenvalue weighted by atomic mass is 16.3. The topological polar surface area (TPSA) is 98.0 Å². The molecule has 0 unspecified atom stereocenters. The van der Waals surface area contributed by atoms with Crippen LogP contribution in [0.1, 0.15) is 15.9 Å². The minimum Gasteiger partial charge on any atom is -0.504 e. The Morgan fingerprint density at radius 3 is 1.08 bits per heavy atom. The van der Waals surface area contributed by atoms with Crippen molar-refractivity contribution in [2.75, 3.05) is 0 Å². The average molecular weight is 499 g/mol. The summed E-state index contributed by atoms with van der Waals surface area (Å²) in [6, 6.07) is 31.5. The van der Waals surface area contributed by atoms with Gasteiger partial charge in [-0.1, -0.05) is 109 Å².